The third kappa shape index (κ3) is 2.62. The molecule has 0 aliphatic carbocycles. The summed E-state index contributed by atoms with van der Waals surface area (Å²) in [6, 6.07) is 3.50. The molecule has 3 aromatic rings. The highest BCUT2D eigenvalue weighted by atomic mass is 32.1. The summed E-state index contributed by atoms with van der Waals surface area (Å²) in [6.45, 7) is 4.76. The van der Waals surface area contributed by atoms with Crippen LogP contribution in [0.4, 0.5) is 8.78 Å². The molecule has 0 fully saturated rings. The van der Waals surface area contributed by atoms with Crippen LogP contribution in [0.3, 0.4) is 0 Å². The van der Waals surface area contributed by atoms with Crippen molar-refractivity contribution in [1.82, 2.24) is 14.8 Å². The number of hydrogen-bond acceptors (Lipinski definition) is 5. The monoisotopic (exact) mass is 400 g/mol. The van der Waals surface area contributed by atoms with Gasteiger partial charge in [0, 0.05) is 22.6 Å². The summed E-state index contributed by atoms with van der Waals surface area (Å²) in [5.41, 5.74) is 1.86. The molecule has 0 spiro atoms. The number of aryl methyl sites for hydroxylation is 2. The summed E-state index contributed by atoms with van der Waals surface area (Å²) in [7, 11) is 0. The van der Waals surface area contributed by atoms with Crippen molar-refractivity contribution in [3.63, 3.8) is 0 Å². The van der Waals surface area contributed by atoms with Gasteiger partial charge in [-0.15, -0.1) is 11.3 Å². The summed E-state index contributed by atoms with van der Waals surface area (Å²) in [5.74, 6) is 0.0522. The lowest BCUT2D eigenvalue weighted by molar-refractivity contribution is 0.125. The molecule has 28 heavy (non-hydrogen) atoms. The van der Waals surface area contributed by atoms with E-state index in [1.807, 2.05) is 13.8 Å². The van der Waals surface area contributed by atoms with Gasteiger partial charge in [-0.3, -0.25) is 4.99 Å². The van der Waals surface area contributed by atoms with Crippen LogP contribution < -0.4 is 0 Å². The van der Waals surface area contributed by atoms with Crippen molar-refractivity contribution < 1.29 is 13.5 Å². The van der Waals surface area contributed by atoms with Crippen LogP contribution in [-0.4, -0.2) is 27.1 Å². The van der Waals surface area contributed by atoms with E-state index in [0.717, 1.165) is 28.3 Å². The minimum Gasteiger partial charge on any atom is -0.377 e. The van der Waals surface area contributed by atoms with Crippen molar-refractivity contribution in [2.24, 2.45) is 4.99 Å². The lowest BCUT2D eigenvalue weighted by Crippen LogP contribution is -2.13. The first-order valence-corrected chi connectivity index (χ1v) is 10.0. The van der Waals surface area contributed by atoms with Crippen LogP contribution in [0.5, 0.6) is 0 Å². The number of hydrogen-bond donors (Lipinski definition) is 0. The standard InChI is InChI=1S/C20H18F2N4OS/c1-10-19-24-11(2)25-26(19)20-16(12-9-27-8-4-7-15(12)28-20)18(23-10)17-13(21)5-3-6-14(17)22/h3,5-6,10H,4,7-9H2,1-2H3/t10-/m0/s1. The molecule has 5 rings (SSSR count). The first-order valence-electron chi connectivity index (χ1n) is 9.23. The number of aromatic nitrogens is 3. The van der Waals surface area contributed by atoms with Gasteiger partial charge in [0.1, 0.15) is 28.5 Å². The minimum absolute atomic E-state index is 0.108. The summed E-state index contributed by atoms with van der Waals surface area (Å²) in [6.07, 6.45) is 1.77. The van der Waals surface area contributed by atoms with Crippen molar-refractivity contribution in [2.75, 3.05) is 6.61 Å². The number of halogens is 2. The van der Waals surface area contributed by atoms with Gasteiger partial charge in [0.05, 0.1) is 17.9 Å². The molecular weight excluding hydrogens is 382 g/mol. The fourth-order valence-electron chi connectivity index (χ4n) is 3.84. The van der Waals surface area contributed by atoms with Crippen LogP contribution in [-0.2, 0) is 17.8 Å². The van der Waals surface area contributed by atoms with E-state index in [2.05, 4.69) is 10.1 Å². The zero-order chi connectivity index (χ0) is 19.4. The molecule has 4 heterocycles. The summed E-state index contributed by atoms with van der Waals surface area (Å²) < 4.78 is 37.0. The van der Waals surface area contributed by atoms with Gasteiger partial charge in [-0.25, -0.2) is 18.4 Å². The van der Waals surface area contributed by atoms with E-state index in [1.54, 1.807) is 16.0 Å². The Morgan fingerprint density at radius 2 is 2.00 bits per heavy atom. The molecule has 1 aromatic carbocycles. The Bertz CT molecular complexity index is 1100. The number of fused-ring (bicyclic) bond motifs is 5. The SMILES string of the molecule is Cc1nc2n(n1)-c1sc3c(c1C(c1c(F)cccc1F)=N[C@H]2C)COCCC3. The summed E-state index contributed by atoms with van der Waals surface area (Å²) >= 11 is 1.59. The average Bonchev–Trinajstić information content (AvgIpc) is 3.09. The third-order valence-electron chi connectivity index (χ3n) is 5.07. The van der Waals surface area contributed by atoms with Gasteiger partial charge in [0.25, 0.3) is 0 Å². The molecule has 2 aliphatic rings. The minimum atomic E-state index is -0.630. The van der Waals surface area contributed by atoms with E-state index in [1.165, 1.54) is 18.2 Å². The largest absolute Gasteiger partial charge is 0.377 e. The molecule has 0 radical (unpaired) electrons. The Morgan fingerprint density at radius 1 is 1.21 bits per heavy atom. The molecule has 0 N–H and O–H groups in total. The number of ether oxygens (including phenoxy) is 1. The predicted molar refractivity (Wildman–Crippen MR) is 102 cm³/mol. The molecule has 0 saturated carbocycles. The molecule has 0 amide bonds. The van der Waals surface area contributed by atoms with Gasteiger partial charge in [-0.2, -0.15) is 5.10 Å². The molecule has 0 unspecified atom stereocenters. The van der Waals surface area contributed by atoms with E-state index >= 15 is 0 Å². The van der Waals surface area contributed by atoms with Crippen molar-refractivity contribution >= 4 is 17.0 Å². The van der Waals surface area contributed by atoms with E-state index in [0.29, 0.717) is 36.1 Å². The Hall–Kier alpha value is -2.45. The molecule has 8 heteroatoms. The second-order valence-electron chi connectivity index (χ2n) is 7.02. The smallest absolute Gasteiger partial charge is 0.157 e. The van der Waals surface area contributed by atoms with Gasteiger partial charge in [-0.05, 0) is 38.8 Å². The van der Waals surface area contributed by atoms with Gasteiger partial charge in [0.15, 0.2) is 5.82 Å². The second kappa shape index (κ2) is 6.56. The Morgan fingerprint density at radius 3 is 2.79 bits per heavy atom. The van der Waals surface area contributed by atoms with E-state index in [4.69, 9.17) is 9.73 Å². The first-order chi connectivity index (χ1) is 13.5. The molecule has 0 saturated heterocycles. The first kappa shape index (κ1) is 17.6. The lowest BCUT2D eigenvalue weighted by Gasteiger charge is -2.12. The normalized spacial score (nSPS) is 18.6. The van der Waals surface area contributed by atoms with Crippen LogP contribution in [0.25, 0.3) is 5.00 Å². The maximum atomic E-state index is 14.7. The van der Waals surface area contributed by atoms with Crippen molar-refractivity contribution in [3.05, 3.63) is 63.0 Å². The van der Waals surface area contributed by atoms with Crippen molar-refractivity contribution in [2.45, 2.75) is 39.3 Å². The number of rotatable bonds is 1. The van der Waals surface area contributed by atoms with Crippen molar-refractivity contribution in [3.8, 4) is 5.00 Å². The quantitative estimate of drug-likeness (QED) is 0.612. The second-order valence-corrected chi connectivity index (χ2v) is 8.10. The van der Waals surface area contributed by atoms with Crippen molar-refractivity contribution in [1.29, 1.82) is 0 Å². The molecule has 2 aromatic heterocycles. The van der Waals surface area contributed by atoms with Gasteiger partial charge in [-0.1, -0.05) is 6.07 Å². The van der Waals surface area contributed by atoms with Crippen LogP contribution in [0.2, 0.25) is 0 Å². The maximum absolute atomic E-state index is 14.7. The Balaban J connectivity index is 1.85. The number of benzene rings is 1. The number of nitrogens with zero attached hydrogens (tertiary/aromatic N) is 4. The molecule has 0 bridgehead atoms. The van der Waals surface area contributed by atoms with Gasteiger partial charge in [0.2, 0.25) is 0 Å². The molecular formula is C20H18F2N4OS. The van der Waals surface area contributed by atoms with E-state index in [-0.39, 0.29) is 5.56 Å². The molecule has 2 aliphatic heterocycles. The topological polar surface area (TPSA) is 52.3 Å². The fourth-order valence-corrected chi connectivity index (χ4v) is 5.14. The summed E-state index contributed by atoms with van der Waals surface area (Å²) in [5, 5.41) is 5.36. The fraction of sp³-hybridized carbons (Fsp3) is 0.350. The molecule has 144 valence electrons. The zero-order valence-corrected chi connectivity index (χ0v) is 16.3. The van der Waals surface area contributed by atoms with E-state index < -0.39 is 17.7 Å². The lowest BCUT2D eigenvalue weighted by atomic mass is 9.97. The maximum Gasteiger partial charge on any atom is 0.157 e. The van der Waals surface area contributed by atoms with Gasteiger partial charge < -0.3 is 4.74 Å². The predicted octanol–water partition coefficient (Wildman–Crippen LogP) is 4.29. The van der Waals surface area contributed by atoms with Crippen LogP contribution in [0.1, 0.15) is 52.6 Å². The Kier molecular flexibility index (Phi) is 4.13. The van der Waals surface area contributed by atoms with Crippen LogP contribution in [0.15, 0.2) is 23.2 Å². The highest BCUT2D eigenvalue weighted by Gasteiger charge is 2.33. The molecule has 1 atom stereocenters. The molecule has 5 nitrogen and oxygen atoms in total. The Labute approximate surface area is 164 Å². The number of aliphatic imine (C=N–C) groups is 1. The summed E-state index contributed by atoms with van der Waals surface area (Å²) in [4.78, 5) is 10.4. The van der Waals surface area contributed by atoms with Gasteiger partial charge >= 0.3 is 0 Å². The van der Waals surface area contributed by atoms with Crippen LogP contribution in [0, 0.1) is 18.6 Å². The van der Waals surface area contributed by atoms with Crippen LogP contribution >= 0.6 is 11.3 Å². The zero-order valence-electron chi connectivity index (χ0n) is 15.5. The number of thiophene rings is 1. The highest BCUT2D eigenvalue weighted by Crippen LogP contribution is 2.40. The average molecular weight is 400 g/mol. The highest BCUT2D eigenvalue weighted by molar-refractivity contribution is 7.15. The third-order valence-corrected chi connectivity index (χ3v) is 6.34. The van der Waals surface area contributed by atoms with E-state index in [9.17, 15) is 8.78 Å².